The van der Waals surface area contributed by atoms with E-state index in [9.17, 15) is 4.79 Å². The van der Waals surface area contributed by atoms with Crippen LogP contribution in [-0.2, 0) is 11.4 Å². The van der Waals surface area contributed by atoms with E-state index in [-0.39, 0.29) is 12.5 Å². The van der Waals surface area contributed by atoms with Gasteiger partial charge in [0, 0.05) is 11.6 Å². The Labute approximate surface area is 205 Å². The Kier molecular flexibility index (Phi) is 7.51. The standard InChI is InChI=1S/C26H22IN3O3/c1-18-5-2-6-20(13-18)16-32-23-11-10-19(14-22(23)27)15-29-30-25(31)17-33-24-9-3-7-21-8-4-12-28-26(21)24/h2-15H,16-17H2,1H3,(H,30,31)/b29-15+. The van der Waals surface area contributed by atoms with E-state index in [1.165, 1.54) is 5.56 Å². The molecule has 0 aliphatic carbocycles. The lowest BCUT2D eigenvalue weighted by Gasteiger charge is -2.09. The largest absolute Gasteiger partial charge is 0.488 e. The molecule has 0 atom stereocenters. The zero-order chi connectivity index (χ0) is 23.0. The Bertz CT molecular complexity index is 1300. The van der Waals surface area contributed by atoms with Gasteiger partial charge in [-0.2, -0.15) is 5.10 Å². The maximum atomic E-state index is 12.1. The van der Waals surface area contributed by atoms with Crippen molar-refractivity contribution in [3.63, 3.8) is 0 Å². The third-order valence-electron chi connectivity index (χ3n) is 4.79. The van der Waals surface area contributed by atoms with Crippen LogP contribution in [0.15, 0.2) is 84.1 Å². The van der Waals surface area contributed by atoms with E-state index in [1.54, 1.807) is 18.5 Å². The number of hydrogen-bond donors (Lipinski definition) is 1. The van der Waals surface area contributed by atoms with Crippen LogP contribution in [0.25, 0.3) is 10.9 Å². The molecule has 1 heterocycles. The quantitative estimate of drug-likeness (QED) is 0.184. The van der Waals surface area contributed by atoms with Crippen molar-refractivity contribution in [3.05, 3.63) is 99.3 Å². The van der Waals surface area contributed by atoms with Crippen LogP contribution >= 0.6 is 22.6 Å². The highest BCUT2D eigenvalue weighted by atomic mass is 127. The Morgan fingerprint density at radius 2 is 1.88 bits per heavy atom. The highest BCUT2D eigenvalue weighted by Gasteiger charge is 2.06. The Hall–Kier alpha value is -3.46. The van der Waals surface area contributed by atoms with Crippen molar-refractivity contribution in [1.29, 1.82) is 0 Å². The molecular weight excluding hydrogens is 529 g/mol. The number of pyridine rings is 1. The smallest absolute Gasteiger partial charge is 0.277 e. The number of aryl methyl sites for hydroxylation is 1. The summed E-state index contributed by atoms with van der Waals surface area (Å²) in [4.78, 5) is 16.4. The number of fused-ring (bicyclic) bond motifs is 1. The van der Waals surface area contributed by atoms with E-state index in [4.69, 9.17) is 9.47 Å². The average Bonchev–Trinajstić information content (AvgIpc) is 2.82. The highest BCUT2D eigenvalue weighted by molar-refractivity contribution is 14.1. The second-order valence-electron chi connectivity index (χ2n) is 7.38. The molecule has 0 aliphatic rings. The molecule has 0 fully saturated rings. The maximum Gasteiger partial charge on any atom is 0.277 e. The van der Waals surface area contributed by atoms with Crippen LogP contribution in [0.2, 0.25) is 0 Å². The number of aromatic nitrogens is 1. The number of amides is 1. The van der Waals surface area contributed by atoms with Crippen molar-refractivity contribution < 1.29 is 14.3 Å². The summed E-state index contributed by atoms with van der Waals surface area (Å²) in [5.74, 6) is 1.01. The summed E-state index contributed by atoms with van der Waals surface area (Å²) in [6.07, 6.45) is 3.28. The lowest BCUT2D eigenvalue weighted by Crippen LogP contribution is -2.24. The molecule has 3 aromatic carbocycles. The van der Waals surface area contributed by atoms with Crippen molar-refractivity contribution in [1.82, 2.24) is 10.4 Å². The first kappa shape index (κ1) is 22.7. The number of benzene rings is 3. The van der Waals surface area contributed by atoms with Crippen molar-refractivity contribution in [2.45, 2.75) is 13.5 Å². The second-order valence-corrected chi connectivity index (χ2v) is 8.54. The minimum absolute atomic E-state index is 0.156. The number of nitrogens with zero attached hydrogens (tertiary/aromatic N) is 2. The number of carbonyl (C=O) groups is 1. The lowest BCUT2D eigenvalue weighted by atomic mass is 10.1. The lowest BCUT2D eigenvalue weighted by molar-refractivity contribution is -0.123. The normalized spacial score (nSPS) is 11.0. The van der Waals surface area contributed by atoms with Crippen LogP contribution in [0.4, 0.5) is 0 Å². The number of carbonyl (C=O) groups excluding carboxylic acids is 1. The van der Waals surface area contributed by atoms with E-state index in [0.717, 1.165) is 31.3 Å². The molecule has 0 bridgehead atoms. The monoisotopic (exact) mass is 551 g/mol. The first-order chi connectivity index (χ1) is 16.1. The topological polar surface area (TPSA) is 72.8 Å². The summed E-state index contributed by atoms with van der Waals surface area (Å²) < 4.78 is 12.5. The summed E-state index contributed by atoms with van der Waals surface area (Å²) in [7, 11) is 0. The fourth-order valence-corrected chi connectivity index (χ4v) is 3.92. The summed E-state index contributed by atoms with van der Waals surface area (Å²) >= 11 is 2.23. The number of para-hydroxylation sites is 1. The van der Waals surface area contributed by atoms with Gasteiger partial charge in [-0.05, 0) is 71.0 Å². The SMILES string of the molecule is Cc1cccc(COc2ccc(/C=N/NC(=O)COc3cccc4cccnc34)cc2I)c1. The number of hydrogen-bond acceptors (Lipinski definition) is 5. The van der Waals surface area contributed by atoms with E-state index < -0.39 is 0 Å². The molecule has 0 radical (unpaired) electrons. The van der Waals surface area contributed by atoms with Crippen LogP contribution in [0.1, 0.15) is 16.7 Å². The molecule has 7 heteroatoms. The van der Waals surface area contributed by atoms with Gasteiger partial charge in [0.2, 0.25) is 0 Å². The van der Waals surface area contributed by atoms with E-state index >= 15 is 0 Å². The predicted molar refractivity (Wildman–Crippen MR) is 138 cm³/mol. The molecule has 1 aromatic heterocycles. The molecule has 0 aliphatic heterocycles. The summed E-state index contributed by atoms with van der Waals surface area (Å²) in [6.45, 7) is 2.41. The number of nitrogens with one attached hydrogen (secondary N) is 1. The van der Waals surface area contributed by atoms with Gasteiger partial charge in [0.05, 0.1) is 9.78 Å². The highest BCUT2D eigenvalue weighted by Crippen LogP contribution is 2.24. The maximum absolute atomic E-state index is 12.1. The third-order valence-corrected chi connectivity index (χ3v) is 5.63. The van der Waals surface area contributed by atoms with E-state index in [1.807, 2.05) is 54.6 Å². The second kappa shape index (κ2) is 10.9. The number of ether oxygens (including phenoxy) is 2. The van der Waals surface area contributed by atoms with Crippen LogP contribution < -0.4 is 14.9 Å². The van der Waals surface area contributed by atoms with Gasteiger partial charge in [0.1, 0.15) is 23.6 Å². The predicted octanol–water partition coefficient (Wildman–Crippen LogP) is 5.26. The first-order valence-corrected chi connectivity index (χ1v) is 11.4. The molecule has 4 aromatic rings. The van der Waals surface area contributed by atoms with E-state index in [0.29, 0.717) is 12.4 Å². The minimum atomic E-state index is -0.355. The summed E-state index contributed by atoms with van der Waals surface area (Å²) in [5, 5.41) is 4.98. The van der Waals surface area contributed by atoms with Crippen LogP contribution in [0.5, 0.6) is 11.5 Å². The fraction of sp³-hybridized carbons (Fsp3) is 0.115. The van der Waals surface area contributed by atoms with Gasteiger partial charge in [-0.1, -0.05) is 48.0 Å². The van der Waals surface area contributed by atoms with Gasteiger partial charge in [-0.15, -0.1) is 0 Å². The van der Waals surface area contributed by atoms with Crippen molar-refractivity contribution in [3.8, 4) is 11.5 Å². The van der Waals surface area contributed by atoms with Gasteiger partial charge >= 0.3 is 0 Å². The van der Waals surface area contributed by atoms with Crippen LogP contribution in [-0.4, -0.2) is 23.7 Å². The van der Waals surface area contributed by atoms with Gasteiger partial charge in [0.15, 0.2) is 6.61 Å². The van der Waals surface area contributed by atoms with Crippen LogP contribution in [0.3, 0.4) is 0 Å². The molecule has 1 N–H and O–H groups in total. The Morgan fingerprint density at radius 3 is 2.73 bits per heavy atom. The van der Waals surface area contributed by atoms with Crippen molar-refractivity contribution in [2.75, 3.05) is 6.61 Å². The van der Waals surface area contributed by atoms with Crippen molar-refractivity contribution >= 4 is 45.6 Å². The van der Waals surface area contributed by atoms with E-state index in [2.05, 4.69) is 57.2 Å². The third kappa shape index (κ3) is 6.29. The van der Waals surface area contributed by atoms with Gasteiger partial charge in [-0.3, -0.25) is 9.78 Å². The fourth-order valence-electron chi connectivity index (χ4n) is 3.22. The molecule has 0 saturated carbocycles. The Morgan fingerprint density at radius 1 is 1.03 bits per heavy atom. The number of rotatable bonds is 8. The molecule has 4 rings (SSSR count). The molecule has 0 saturated heterocycles. The molecule has 166 valence electrons. The first-order valence-electron chi connectivity index (χ1n) is 10.3. The minimum Gasteiger partial charge on any atom is -0.488 e. The Balaban J connectivity index is 1.28. The van der Waals surface area contributed by atoms with Gasteiger partial charge < -0.3 is 9.47 Å². The summed E-state index contributed by atoms with van der Waals surface area (Å²) in [5.41, 5.74) is 6.39. The summed E-state index contributed by atoms with van der Waals surface area (Å²) in [6, 6.07) is 23.4. The molecule has 0 spiro atoms. The molecule has 33 heavy (non-hydrogen) atoms. The molecule has 6 nitrogen and oxygen atoms in total. The number of halogens is 1. The van der Waals surface area contributed by atoms with Crippen LogP contribution in [0, 0.1) is 10.5 Å². The average molecular weight is 551 g/mol. The van der Waals surface area contributed by atoms with Gasteiger partial charge in [-0.25, -0.2) is 5.43 Å². The van der Waals surface area contributed by atoms with Crippen molar-refractivity contribution in [2.24, 2.45) is 5.10 Å². The molecular formula is C26H22IN3O3. The zero-order valence-electron chi connectivity index (χ0n) is 18.0. The van der Waals surface area contributed by atoms with Gasteiger partial charge in [0.25, 0.3) is 5.91 Å². The molecule has 0 unspecified atom stereocenters. The molecule has 1 amide bonds. The number of hydrazone groups is 1. The zero-order valence-corrected chi connectivity index (χ0v) is 20.2.